The maximum Gasteiger partial charge on any atom is 0.0627 e. The molecule has 21 heavy (non-hydrogen) atoms. The molecular formula is C18H21N3. The van der Waals surface area contributed by atoms with Crippen LogP contribution in [0.2, 0.25) is 0 Å². The number of nitrogens with zero attached hydrogens (tertiary/aromatic N) is 2. The average Bonchev–Trinajstić information content (AvgIpc) is 2.55. The Morgan fingerprint density at radius 2 is 2.00 bits per heavy atom. The Balaban J connectivity index is 1.57. The summed E-state index contributed by atoms with van der Waals surface area (Å²) in [6, 6.07) is 17.1. The van der Waals surface area contributed by atoms with Crippen molar-refractivity contribution in [3.63, 3.8) is 0 Å². The van der Waals surface area contributed by atoms with Crippen LogP contribution in [0.4, 0.5) is 0 Å². The molecule has 1 saturated heterocycles. The standard InChI is InChI=1S/C18H21N3/c1-2-6-16(7-3-1)14-21-13-12-20-18(15-21)10-9-17-8-4-5-11-19-17/h1-11,18,20H,12-15H2/b10-9+/t18-/m1/s1. The highest BCUT2D eigenvalue weighted by Crippen LogP contribution is 2.09. The van der Waals surface area contributed by atoms with Gasteiger partial charge in [-0.3, -0.25) is 9.88 Å². The Kier molecular flexibility index (Phi) is 4.77. The number of hydrogen-bond donors (Lipinski definition) is 1. The molecule has 0 bridgehead atoms. The van der Waals surface area contributed by atoms with Crippen molar-refractivity contribution in [2.24, 2.45) is 0 Å². The van der Waals surface area contributed by atoms with Gasteiger partial charge in [0.1, 0.15) is 0 Å². The van der Waals surface area contributed by atoms with Gasteiger partial charge in [-0.15, -0.1) is 0 Å². The van der Waals surface area contributed by atoms with Crippen molar-refractivity contribution < 1.29 is 0 Å². The molecule has 3 heteroatoms. The van der Waals surface area contributed by atoms with E-state index in [0.29, 0.717) is 6.04 Å². The number of rotatable bonds is 4. The zero-order chi connectivity index (χ0) is 14.3. The lowest BCUT2D eigenvalue weighted by molar-refractivity contribution is 0.210. The first kappa shape index (κ1) is 14.0. The van der Waals surface area contributed by atoms with E-state index in [1.807, 2.05) is 24.4 Å². The minimum atomic E-state index is 0.393. The molecular weight excluding hydrogens is 258 g/mol. The number of pyridine rings is 1. The van der Waals surface area contributed by atoms with E-state index in [0.717, 1.165) is 31.9 Å². The second-order valence-electron chi connectivity index (χ2n) is 5.40. The molecule has 1 fully saturated rings. The summed E-state index contributed by atoms with van der Waals surface area (Å²) in [4.78, 5) is 6.82. The molecule has 0 saturated carbocycles. The Morgan fingerprint density at radius 1 is 1.14 bits per heavy atom. The molecule has 1 aliphatic heterocycles. The summed E-state index contributed by atoms with van der Waals surface area (Å²) >= 11 is 0. The Morgan fingerprint density at radius 3 is 2.81 bits per heavy atom. The molecule has 0 unspecified atom stereocenters. The third kappa shape index (κ3) is 4.25. The van der Waals surface area contributed by atoms with Gasteiger partial charge in [0.25, 0.3) is 0 Å². The summed E-state index contributed by atoms with van der Waals surface area (Å²) in [5, 5.41) is 3.55. The van der Waals surface area contributed by atoms with Gasteiger partial charge in [0.2, 0.25) is 0 Å². The molecule has 2 heterocycles. The number of piperazine rings is 1. The van der Waals surface area contributed by atoms with Crippen LogP contribution in [-0.4, -0.2) is 35.6 Å². The van der Waals surface area contributed by atoms with Gasteiger partial charge in [0.05, 0.1) is 5.69 Å². The molecule has 0 aliphatic carbocycles. The van der Waals surface area contributed by atoms with E-state index in [-0.39, 0.29) is 0 Å². The van der Waals surface area contributed by atoms with E-state index in [1.54, 1.807) is 0 Å². The van der Waals surface area contributed by atoms with Gasteiger partial charge in [-0.1, -0.05) is 42.5 Å². The smallest absolute Gasteiger partial charge is 0.0627 e. The fourth-order valence-electron chi connectivity index (χ4n) is 2.65. The molecule has 1 N–H and O–H groups in total. The topological polar surface area (TPSA) is 28.2 Å². The van der Waals surface area contributed by atoms with Crippen LogP contribution in [0.15, 0.2) is 60.8 Å². The predicted octanol–water partition coefficient (Wildman–Crippen LogP) is 2.57. The maximum absolute atomic E-state index is 4.32. The second kappa shape index (κ2) is 7.16. The molecule has 1 atom stereocenters. The van der Waals surface area contributed by atoms with Gasteiger partial charge in [-0.25, -0.2) is 0 Å². The van der Waals surface area contributed by atoms with Crippen LogP contribution in [0.3, 0.4) is 0 Å². The van der Waals surface area contributed by atoms with Gasteiger partial charge < -0.3 is 5.32 Å². The fourth-order valence-corrected chi connectivity index (χ4v) is 2.65. The summed E-state index contributed by atoms with van der Waals surface area (Å²) in [7, 11) is 0. The van der Waals surface area contributed by atoms with E-state index in [4.69, 9.17) is 0 Å². The predicted molar refractivity (Wildman–Crippen MR) is 86.8 cm³/mol. The van der Waals surface area contributed by atoms with Crippen LogP contribution in [0, 0.1) is 0 Å². The largest absolute Gasteiger partial charge is 0.308 e. The summed E-state index contributed by atoms with van der Waals surface area (Å²) < 4.78 is 0. The van der Waals surface area contributed by atoms with Gasteiger partial charge in [-0.05, 0) is 23.8 Å². The van der Waals surface area contributed by atoms with Crippen molar-refractivity contribution in [2.75, 3.05) is 19.6 Å². The molecule has 2 aromatic rings. The minimum Gasteiger partial charge on any atom is -0.308 e. The van der Waals surface area contributed by atoms with Gasteiger partial charge >= 0.3 is 0 Å². The monoisotopic (exact) mass is 279 g/mol. The Hall–Kier alpha value is -1.97. The highest BCUT2D eigenvalue weighted by Gasteiger charge is 2.16. The van der Waals surface area contributed by atoms with Crippen molar-refractivity contribution >= 4 is 6.08 Å². The quantitative estimate of drug-likeness (QED) is 0.932. The first-order valence-electron chi connectivity index (χ1n) is 7.49. The van der Waals surface area contributed by atoms with E-state index < -0.39 is 0 Å². The Bertz CT molecular complexity index is 566. The van der Waals surface area contributed by atoms with Crippen LogP contribution in [0.5, 0.6) is 0 Å². The maximum atomic E-state index is 4.32. The number of nitrogens with one attached hydrogen (secondary N) is 1. The third-order valence-electron chi connectivity index (χ3n) is 3.73. The summed E-state index contributed by atoms with van der Waals surface area (Å²) in [6.45, 7) is 4.20. The molecule has 3 nitrogen and oxygen atoms in total. The molecule has 1 aliphatic rings. The molecule has 0 radical (unpaired) electrons. The van der Waals surface area contributed by atoms with Gasteiger partial charge in [0.15, 0.2) is 0 Å². The molecule has 3 rings (SSSR count). The van der Waals surface area contributed by atoms with E-state index >= 15 is 0 Å². The normalized spacial score (nSPS) is 19.9. The average molecular weight is 279 g/mol. The number of benzene rings is 1. The van der Waals surface area contributed by atoms with Crippen LogP contribution in [-0.2, 0) is 6.54 Å². The van der Waals surface area contributed by atoms with Crippen LogP contribution < -0.4 is 5.32 Å². The van der Waals surface area contributed by atoms with Crippen LogP contribution >= 0.6 is 0 Å². The Labute approximate surface area is 126 Å². The van der Waals surface area contributed by atoms with Crippen molar-refractivity contribution in [3.8, 4) is 0 Å². The van der Waals surface area contributed by atoms with E-state index in [9.17, 15) is 0 Å². The minimum absolute atomic E-state index is 0.393. The van der Waals surface area contributed by atoms with Crippen molar-refractivity contribution in [1.29, 1.82) is 0 Å². The lowest BCUT2D eigenvalue weighted by Gasteiger charge is -2.32. The highest BCUT2D eigenvalue weighted by atomic mass is 15.2. The lowest BCUT2D eigenvalue weighted by Crippen LogP contribution is -2.49. The van der Waals surface area contributed by atoms with Crippen LogP contribution in [0.1, 0.15) is 11.3 Å². The van der Waals surface area contributed by atoms with Gasteiger partial charge in [0, 0.05) is 38.4 Å². The lowest BCUT2D eigenvalue weighted by atomic mass is 10.1. The molecule has 1 aromatic carbocycles. The van der Waals surface area contributed by atoms with Crippen LogP contribution in [0.25, 0.3) is 6.08 Å². The SMILES string of the molecule is C(=C\[C@@H]1CN(Cc2ccccc2)CCN1)/c1ccccn1. The zero-order valence-corrected chi connectivity index (χ0v) is 12.2. The van der Waals surface area contributed by atoms with E-state index in [1.165, 1.54) is 5.56 Å². The zero-order valence-electron chi connectivity index (χ0n) is 12.2. The summed E-state index contributed by atoms with van der Waals surface area (Å²) in [6.07, 6.45) is 6.15. The molecule has 1 aromatic heterocycles. The van der Waals surface area contributed by atoms with Crippen molar-refractivity contribution in [2.45, 2.75) is 12.6 Å². The third-order valence-corrected chi connectivity index (χ3v) is 3.73. The van der Waals surface area contributed by atoms with Crippen molar-refractivity contribution in [1.82, 2.24) is 15.2 Å². The second-order valence-corrected chi connectivity index (χ2v) is 5.40. The number of hydrogen-bond acceptors (Lipinski definition) is 3. The van der Waals surface area contributed by atoms with Gasteiger partial charge in [-0.2, -0.15) is 0 Å². The first-order valence-corrected chi connectivity index (χ1v) is 7.49. The summed E-state index contributed by atoms with van der Waals surface area (Å²) in [5.41, 5.74) is 2.39. The number of aromatic nitrogens is 1. The first-order chi connectivity index (χ1) is 10.4. The molecule has 0 spiro atoms. The summed E-state index contributed by atoms with van der Waals surface area (Å²) in [5.74, 6) is 0. The van der Waals surface area contributed by atoms with E-state index in [2.05, 4.69) is 57.7 Å². The molecule has 108 valence electrons. The molecule has 0 amide bonds. The van der Waals surface area contributed by atoms with Crippen molar-refractivity contribution in [3.05, 3.63) is 72.1 Å². The fraction of sp³-hybridized carbons (Fsp3) is 0.278. The highest BCUT2D eigenvalue weighted by molar-refractivity contribution is 5.44.